The number of nitrogen functional groups attached to an aromatic ring is 1. The van der Waals surface area contributed by atoms with Gasteiger partial charge in [-0.25, -0.2) is 4.79 Å². The zero-order chi connectivity index (χ0) is 22.4. The van der Waals surface area contributed by atoms with Gasteiger partial charge in [-0.1, -0.05) is 30.3 Å². The minimum Gasteiger partial charge on any atom is -0.383 e. The van der Waals surface area contributed by atoms with Crippen LogP contribution in [0.5, 0.6) is 0 Å². The van der Waals surface area contributed by atoms with Gasteiger partial charge in [0.1, 0.15) is 5.82 Å². The van der Waals surface area contributed by atoms with Gasteiger partial charge in [-0.05, 0) is 30.7 Å². The highest BCUT2D eigenvalue weighted by atomic mass is 32.1. The normalized spacial score (nSPS) is 11.2. The summed E-state index contributed by atoms with van der Waals surface area (Å²) in [5.74, 6) is -0.514. The molecule has 9 heteroatoms. The smallest absolute Gasteiger partial charge is 0.330 e. The van der Waals surface area contributed by atoms with Crippen LogP contribution in [0.1, 0.15) is 15.3 Å². The summed E-state index contributed by atoms with van der Waals surface area (Å²) in [6, 6.07) is 13.1. The van der Waals surface area contributed by atoms with Crippen molar-refractivity contribution in [3.05, 3.63) is 84.7 Å². The lowest BCUT2D eigenvalue weighted by molar-refractivity contribution is -0.114. The fourth-order valence-corrected chi connectivity index (χ4v) is 3.84. The molecule has 0 radical (unpaired) electrons. The van der Waals surface area contributed by atoms with Crippen LogP contribution in [-0.4, -0.2) is 29.2 Å². The number of anilines is 2. The summed E-state index contributed by atoms with van der Waals surface area (Å²) in [6.45, 7) is 2.46. The first-order chi connectivity index (χ1) is 14.9. The van der Waals surface area contributed by atoms with Crippen LogP contribution in [0.3, 0.4) is 0 Å². The molecule has 0 spiro atoms. The molecule has 3 N–H and O–H groups in total. The van der Waals surface area contributed by atoms with Gasteiger partial charge in [0, 0.05) is 22.9 Å². The van der Waals surface area contributed by atoms with E-state index in [2.05, 4.69) is 4.98 Å². The number of methoxy groups -OCH3 is 1. The van der Waals surface area contributed by atoms with E-state index in [9.17, 15) is 14.4 Å². The molecule has 0 bridgehead atoms. The molecule has 162 valence electrons. The van der Waals surface area contributed by atoms with Crippen LogP contribution in [0.4, 0.5) is 11.5 Å². The van der Waals surface area contributed by atoms with Crippen LogP contribution >= 0.6 is 11.3 Å². The quantitative estimate of drug-likeness (QED) is 0.523. The second kappa shape index (κ2) is 10.1. The number of aryl methyl sites for hydroxylation is 1. The number of hydrogen-bond donors (Lipinski definition) is 2. The number of carbonyl (C=O) groups excluding carboxylic acids is 1. The van der Waals surface area contributed by atoms with Gasteiger partial charge in [0.15, 0.2) is 5.69 Å². The summed E-state index contributed by atoms with van der Waals surface area (Å²) in [5, 5.41) is 0. The number of benzene rings is 1. The van der Waals surface area contributed by atoms with E-state index in [4.69, 9.17) is 10.5 Å². The average Bonchev–Trinajstić information content (AvgIpc) is 3.17. The van der Waals surface area contributed by atoms with Gasteiger partial charge in [0.05, 0.1) is 19.7 Å². The number of thiophene rings is 1. The second-order valence-corrected chi connectivity index (χ2v) is 8.15. The maximum atomic E-state index is 13.2. The minimum atomic E-state index is -0.721. The number of amides is 1. The van der Waals surface area contributed by atoms with Gasteiger partial charge in [-0.2, -0.15) is 0 Å². The van der Waals surface area contributed by atoms with Gasteiger partial charge in [0.2, 0.25) is 0 Å². The molecule has 1 amide bonds. The van der Waals surface area contributed by atoms with Crippen molar-refractivity contribution in [3.8, 4) is 0 Å². The van der Waals surface area contributed by atoms with Crippen LogP contribution in [0.15, 0.2) is 58.1 Å². The van der Waals surface area contributed by atoms with E-state index in [1.165, 1.54) is 22.7 Å². The van der Waals surface area contributed by atoms with Crippen LogP contribution < -0.4 is 21.9 Å². The predicted octanol–water partition coefficient (Wildman–Crippen LogP) is 2.38. The molecular formula is C22H24N4O4S. The molecule has 0 saturated heterocycles. The van der Waals surface area contributed by atoms with Crippen LogP contribution in [0.25, 0.3) is 6.08 Å². The number of nitrogens with zero attached hydrogens (tertiary/aromatic N) is 2. The molecule has 31 heavy (non-hydrogen) atoms. The van der Waals surface area contributed by atoms with E-state index >= 15 is 0 Å². The fraction of sp³-hybridized carbons (Fsp3) is 0.227. The first-order valence-corrected chi connectivity index (χ1v) is 10.4. The Balaban J connectivity index is 2.05. The predicted molar refractivity (Wildman–Crippen MR) is 123 cm³/mol. The monoisotopic (exact) mass is 440 g/mol. The van der Waals surface area contributed by atoms with Gasteiger partial charge in [-0.3, -0.25) is 24.0 Å². The second-order valence-electron chi connectivity index (χ2n) is 6.83. The maximum Gasteiger partial charge on any atom is 0.330 e. The lowest BCUT2D eigenvalue weighted by Crippen LogP contribution is -2.40. The average molecular weight is 441 g/mol. The largest absolute Gasteiger partial charge is 0.383 e. The van der Waals surface area contributed by atoms with Gasteiger partial charge in [0.25, 0.3) is 11.5 Å². The molecule has 3 aromatic rings. The van der Waals surface area contributed by atoms with Crippen LogP contribution in [0.2, 0.25) is 0 Å². The van der Waals surface area contributed by atoms with E-state index in [1.807, 2.05) is 49.4 Å². The molecule has 0 saturated carbocycles. The van der Waals surface area contributed by atoms with Gasteiger partial charge in [-0.15, -0.1) is 11.3 Å². The molecule has 0 aliphatic rings. The first-order valence-electron chi connectivity index (χ1n) is 9.62. The van der Waals surface area contributed by atoms with E-state index < -0.39 is 17.2 Å². The van der Waals surface area contributed by atoms with Crippen molar-refractivity contribution in [2.45, 2.75) is 20.0 Å². The third-order valence-corrected chi connectivity index (χ3v) is 5.57. The van der Waals surface area contributed by atoms with E-state index in [0.717, 1.165) is 15.3 Å². The van der Waals surface area contributed by atoms with Crippen molar-refractivity contribution in [2.75, 3.05) is 24.4 Å². The first kappa shape index (κ1) is 22.3. The Morgan fingerprint density at radius 1 is 1.23 bits per heavy atom. The van der Waals surface area contributed by atoms with Crippen LogP contribution in [0, 0.1) is 6.92 Å². The molecule has 0 unspecified atom stereocenters. The highest BCUT2D eigenvalue weighted by Crippen LogP contribution is 2.21. The molecule has 0 atom stereocenters. The highest BCUT2D eigenvalue weighted by Gasteiger charge is 2.23. The zero-order valence-electron chi connectivity index (χ0n) is 17.3. The molecule has 0 fully saturated rings. The highest BCUT2D eigenvalue weighted by molar-refractivity contribution is 7.12. The number of H-pyrrole nitrogens is 1. The summed E-state index contributed by atoms with van der Waals surface area (Å²) >= 11 is 1.55. The Morgan fingerprint density at radius 2 is 1.97 bits per heavy atom. The van der Waals surface area contributed by atoms with E-state index in [1.54, 1.807) is 17.4 Å². The van der Waals surface area contributed by atoms with E-state index in [0.29, 0.717) is 0 Å². The molecule has 3 rings (SSSR count). The number of nitrogens with two attached hydrogens (primary N) is 1. The SMILES string of the molecule is COCCn1c(N)c(N(Cc2ccccc2)C(=O)C=Cc2ccc(C)s2)c(=O)[nH]c1=O. The molecule has 0 aliphatic heterocycles. The molecular weight excluding hydrogens is 416 g/mol. The Hall–Kier alpha value is -3.43. The van der Waals surface area contributed by atoms with E-state index in [-0.39, 0.29) is 31.2 Å². The van der Waals surface area contributed by atoms with Gasteiger partial charge < -0.3 is 10.5 Å². The Kier molecular flexibility index (Phi) is 7.22. The van der Waals surface area contributed by atoms with Crippen LogP contribution in [-0.2, 0) is 22.6 Å². The molecule has 0 aliphatic carbocycles. The number of ether oxygens (including phenoxy) is 1. The Morgan fingerprint density at radius 3 is 2.61 bits per heavy atom. The molecule has 2 aromatic heterocycles. The fourth-order valence-electron chi connectivity index (χ4n) is 3.06. The van der Waals surface area contributed by atoms with Crippen molar-refractivity contribution in [3.63, 3.8) is 0 Å². The van der Waals surface area contributed by atoms with Crippen molar-refractivity contribution < 1.29 is 9.53 Å². The van der Waals surface area contributed by atoms with Crippen molar-refractivity contribution >= 4 is 34.8 Å². The summed E-state index contributed by atoms with van der Waals surface area (Å²) < 4.78 is 6.21. The number of hydrogen-bond acceptors (Lipinski definition) is 6. The number of aromatic amines is 1. The summed E-state index contributed by atoms with van der Waals surface area (Å²) in [7, 11) is 1.50. The molecule has 1 aromatic carbocycles. The Bertz CT molecular complexity index is 1190. The number of nitrogens with one attached hydrogen (secondary N) is 1. The minimum absolute atomic E-state index is 0.0726. The van der Waals surface area contributed by atoms with Crippen molar-refractivity contribution in [1.82, 2.24) is 9.55 Å². The van der Waals surface area contributed by atoms with Crippen molar-refractivity contribution in [1.29, 1.82) is 0 Å². The standard InChI is InChI=1S/C22H24N4O4S/c1-15-8-9-17(31-15)10-11-18(27)26(14-16-6-4-3-5-7-16)19-20(23)25(12-13-30-2)22(29)24-21(19)28/h3-11H,12-14,23H2,1-2H3,(H,24,28,29). The lowest BCUT2D eigenvalue weighted by Gasteiger charge is -2.23. The number of carbonyl (C=O) groups is 1. The summed E-state index contributed by atoms with van der Waals surface area (Å²) in [5.41, 5.74) is 5.56. The number of aromatic nitrogens is 2. The topological polar surface area (TPSA) is 110 Å². The third kappa shape index (κ3) is 5.39. The molecule has 2 heterocycles. The summed E-state index contributed by atoms with van der Waals surface area (Å²) in [6.07, 6.45) is 3.10. The lowest BCUT2D eigenvalue weighted by atomic mass is 10.2. The van der Waals surface area contributed by atoms with Gasteiger partial charge >= 0.3 is 5.69 Å². The Labute approximate surface area is 183 Å². The maximum absolute atomic E-state index is 13.2. The van der Waals surface area contributed by atoms with Crippen molar-refractivity contribution in [2.24, 2.45) is 0 Å². The zero-order valence-corrected chi connectivity index (χ0v) is 18.1. The summed E-state index contributed by atoms with van der Waals surface area (Å²) in [4.78, 5) is 43.7. The number of rotatable bonds is 8. The molecule has 8 nitrogen and oxygen atoms in total. The third-order valence-electron chi connectivity index (χ3n) is 4.60.